The van der Waals surface area contributed by atoms with Gasteiger partial charge in [0.15, 0.2) is 5.16 Å². The van der Waals surface area contributed by atoms with E-state index in [1.54, 1.807) is 11.8 Å². The summed E-state index contributed by atoms with van der Waals surface area (Å²) in [5.74, 6) is 0.991. The van der Waals surface area contributed by atoms with Crippen molar-refractivity contribution in [3.05, 3.63) is 33.7 Å². The molecule has 70 valence electrons. The number of nitrogens with zero attached hydrogens (tertiary/aromatic N) is 3. The van der Waals surface area contributed by atoms with Gasteiger partial charge in [0.1, 0.15) is 0 Å². The summed E-state index contributed by atoms with van der Waals surface area (Å²) in [6.45, 7) is 0. The molecule has 1 aliphatic heterocycles. The Hall–Kier alpha value is -0.560. The van der Waals surface area contributed by atoms with E-state index in [0.717, 1.165) is 20.4 Å². The largest absolute Gasteiger partial charge is 0.212 e. The van der Waals surface area contributed by atoms with Crippen LogP contribution in [0.15, 0.2) is 29.4 Å². The van der Waals surface area contributed by atoms with Crippen LogP contribution in [0.2, 0.25) is 0 Å². The average molecular weight is 315 g/mol. The Bertz CT molecular complexity index is 495. The van der Waals surface area contributed by atoms with Gasteiger partial charge in [0.25, 0.3) is 0 Å². The van der Waals surface area contributed by atoms with Gasteiger partial charge in [-0.25, -0.2) is 4.68 Å². The van der Waals surface area contributed by atoms with E-state index in [-0.39, 0.29) is 0 Å². The molecule has 0 spiro atoms. The first-order valence-electron chi connectivity index (χ1n) is 4.18. The van der Waals surface area contributed by atoms with Crippen molar-refractivity contribution in [3.63, 3.8) is 0 Å². The van der Waals surface area contributed by atoms with Crippen molar-refractivity contribution in [1.82, 2.24) is 14.8 Å². The highest BCUT2D eigenvalue weighted by atomic mass is 127. The highest BCUT2D eigenvalue weighted by Crippen LogP contribution is 2.32. The van der Waals surface area contributed by atoms with Crippen LogP contribution in [-0.4, -0.2) is 14.8 Å². The molecule has 0 bridgehead atoms. The molecule has 3 rings (SSSR count). The normalized spacial score (nSPS) is 13.5. The molecular formula is C9H6IN3S. The molecule has 2 heterocycles. The number of para-hydroxylation sites is 1. The fraction of sp³-hybridized carbons (Fsp3) is 0.111. The van der Waals surface area contributed by atoms with E-state index in [0.29, 0.717) is 0 Å². The first kappa shape index (κ1) is 8.72. The standard InChI is InChI=1S/C9H6IN3S/c10-8-11-9-13(12-8)7-4-2-1-3-6(7)5-14-9/h1-4H,5H2. The minimum atomic E-state index is 0.807. The van der Waals surface area contributed by atoms with Gasteiger partial charge in [0.05, 0.1) is 5.69 Å². The number of hydrogen-bond acceptors (Lipinski definition) is 3. The summed E-state index contributed by atoms with van der Waals surface area (Å²) in [6.07, 6.45) is 0. The summed E-state index contributed by atoms with van der Waals surface area (Å²) >= 11 is 3.88. The number of fused-ring (bicyclic) bond motifs is 3. The van der Waals surface area contributed by atoms with E-state index in [1.165, 1.54) is 5.56 Å². The van der Waals surface area contributed by atoms with Crippen LogP contribution < -0.4 is 0 Å². The van der Waals surface area contributed by atoms with Crippen LogP contribution in [0.5, 0.6) is 0 Å². The Morgan fingerprint density at radius 2 is 2.21 bits per heavy atom. The number of hydrogen-bond donors (Lipinski definition) is 0. The van der Waals surface area contributed by atoms with Crippen molar-refractivity contribution >= 4 is 34.4 Å². The first-order valence-corrected chi connectivity index (χ1v) is 6.25. The SMILES string of the molecule is Ic1nc2n(n1)-c1ccccc1CS2. The van der Waals surface area contributed by atoms with E-state index < -0.39 is 0 Å². The smallest absolute Gasteiger partial charge is 0.206 e. The molecule has 0 radical (unpaired) electrons. The molecule has 0 atom stereocenters. The zero-order valence-corrected chi connectivity index (χ0v) is 10.1. The zero-order valence-electron chi connectivity index (χ0n) is 7.14. The van der Waals surface area contributed by atoms with E-state index in [4.69, 9.17) is 0 Å². The first-order chi connectivity index (χ1) is 6.84. The lowest BCUT2D eigenvalue weighted by atomic mass is 10.2. The lowest BCUT2D eigenvalue weighted by Crippen LogP contribution is -2.06. The van der Waals surface area contributed by atoms with Gasteiger partial charge in [-0.05, 0) is 11.6 Å². The van der Waals surface area contributed by atoms with Gasteiger partial charge in [-0.15, -0.1) is 5.10 Å². The fourth-order valence-corrected chi connectivity index (χ4v) is 3.06. The summed E-state index contributed by atoms with van der Waals surface area (Å²) in [5, 5.41) is 5.36. The minimum Gasteiger partial charge on any atom is -0.206 e. The van der Waals surface area contributed by atoms with E-state index in [2.05, 4.69) is 50.9 Å². The second-order valence-corrected chi connectivity index (χ2v) is 4.90. The Kier molecular flexibility index (Phi) is 2.01. The molecule has 2 aromatic rings. The van der Waals surface area contributed by atoms with Crippen LogP contribution in [0, 0.1) is 3.83 Å². The number of halogens is 1. The van der Waals surface area contributed by atoms with Gasteiger partial charge in [0, 0.05) is 28.3 Å². The Balaban J connectivity index is 2.28. The number of thioether (sulfide) groups is 1. The van der Waals surface area contributed by atoms with Crippen molar-refractivity contribution in [1.29, 1.82) is 0 Å². The monoisotopic (exact) mass is 315 g/mol. The third kappa shape index (κ3) is 1.26. The predicted molar refractivity (Wildman–Crippen MR) is 63.6 cm³/mol. The summed E-state index contributed by atoms with van der Waals surface area (Å²) in [4.78, 5) is 4.35. The molecule has 3 nitrogen and oxygen atoms in total. The Labute approximate surface area is 99.1 Å². The maximum absolute atomic E-state index is 4.36. The summed E-state index contributed by atoms with van der Waals surface area (Å²) < 4.78 is 2.73. The van der Waals surface area contributed by atoms with Crippen LogP contribution in [0.1, 0.15) is 5.56 Å². The van der Waals surface area contributed by atoms with Crippen LogP contribution in [0.3, 0.4) is 0 Å². The average Bonchev–Trinajstić information content (AvgIpc) is 2.59. The Morgan fingerprint density at radius 1 is 1.36 bits per heavy atom. The molecule has 1 aromatic carbocycles. The molecule has 5 heteroatoms. The molecule has 1 aliphatic rings. The summed E-state index contributed by atoms with van der Waals surface area (Å²) in [7, 11) is 0. The van der Waals surface area contributed by atoms with Crippen molar-refractivity contribution < 1.29 is 0 Å². The van der Waals surface area contributed by atoms with Crippen LogP contribution in [0.4, 0.5) is 0 Å². The third-order valence-electron chi connectivity index (χ3n) is 2.13. The van der Waals surface area contributed by atoms with Gasteiger partial charge in [0.2, 0.25) is 3.83 Å². The topological polar surface area (TPSA) is 30.7 Å². The summed E-state index contributed by atoms with van der Waals surface area (Å²) in [5.41, 5.74) is 2.49. The second-order valence-electron chi connectivity index (χ2n) is 2.99. The highest BCUT2D eigenvalue weighted by molar-refractivity contribution is 14.1. The van der Waals surface area contributed by atoms with Crippen molar-refractivity contribution in [2.75, 3.05) is 0 Å². The predicted octanol–water partition coefficient (Wildman–Crippen LogP) is 2.48. The molecule has 0 aliphatic carbocycles. The molecule has 0 saturated carbocycles. The lowest BCUT2D eigenvalue weighted by molar-refractivity contribution is 0.767. The van der Waals surface area contributed by atoms with Crippen LogP contribution in [-0.2, 0) is 5.75 Å². The molecule has 0 fully saturated rings. The van der Waals surface area contributed by atoms with Crippen LogP contribution in [0.25, 0.3) is 5.69 Å². The van der Waals surface area contributed by atoms with E-state index >= 15 is 0 Å². The maximum Gasteiger partial charge on any atom is 0.212 e. The van der Waals surface area contributed by atoms with Crippen molar-refractivity contribution in [2.45, 2.75) is 10.9 Å². The molecule has 14 heavy (non-hydrogen) atoms. The molecule has 0 unspecified atom stereocenters. The minimum absolute atomic E-state index is 0.807. The number of rotatable bonds is 0. The fourth-order valence-electron chi connectivity index (χ4n) is 1.51. The van der Waals surface area contributed by atoms with Gasteiger partial charge >= 0.3 is 0 Å². The second kappa shape index (κ2) is 3.23. The molecular weight excluding hydrogens is 309 g/mol. The number of benzene rings is 1. The molecule has 0 amide bonds. The molecule has 0 saturated heterocycles. The maximum atomic E-state index is 4.36. The van der Waals surface area contributed by atoms with E-state index in [9.17, 15) is 0 Å². The van der Waals surface area contributed by atoms with Gasteiger partial charge in [-0.3, -0.25) is 0 Å². The van der Waals surface area contributed by atoms with Crippen molar-refractivity contribution in [3.8, 4) is 5.69 Å². The Morgan fingerprint density at radius 3 is 3.14 bits per heavy atom. The van der Waals surface area contributed by atoms with Crippen LogP contribution >= 0.6 is 34.4 Å². The third-order valence-corrected chi connectivity index (χ3v) is 3.56. The van der Waals surface area contributed by atoms with Gasteiger partial charge in [-0.2, -0.15) is 4.98 Å². The lowest BCUT2D eigenvalue weighted by Gasteiger charge is -2.15. The number of aromatic nitrogens is 3. The van der Waals surface area contributed by atoms with Crippen molar-refractivity contribution in [2.24, 2.45) is 0 Å². The quantitative estimate of drug-likeness (QED) is 0.700. The zero-order chi connectivity index (χ0) is 9.54. The molecule has 0 N–H and O–H groups in total. The highest BCUT2D eigenvalue weighted by Gasteiger charge is 2.18. The van der Waals surface area contributed by atoms with E-state index in [1.807, 2.05) is 10.7 Å². The molecule has 1 aromatic heterocycles. The van der Waals surface area contributed by atoms with Gasteiger partial charge in [-0.1, -0.05) is 30.0 Å². The van der Waals surface area contributed by atoms with Gasteiger partial charge < -0.3 is 0 Å². The summed E-state index contributed by atoms with van der Waals surface area (Å²) in [6, 6.07) is 8.32.